The summed E-state index contributed by atoms with van der Waals surface area (Å²) in [6.07, 6.45) is 5.19. The van der Waals surface area contributed by atoms with E-state index in [9.17, 15) is 14.7 Å². The van der Waals surface area contributed by atoms with Crippen molar-refractivity contribution in [3.63, 3.8) is 0 Å². The zero-order chi connectivity index (χ0) is 39.1. The first-order valence-electron chi connectivity index (χ1n) is 19.3. The Hall–Kier alpha value is -5.63. The van der Waals surface area contributed by atoms with Crippen molar-refractivity contribution < 1.29 is 19.4 Å². The Bertz CT molecular complexity index is 2400. The number of hydrogen-bond donors (Lipinski definition) is 5. The third-order valence-corrected chi connectivity index (χ3v) is 11.2. The molecular formula is C43H51N9O4. The van der Waals surface area contributed by atoms with Crippen molar-refractivity contribution in [2.24, 2.45) is 18.2 Å². The molecular weight excluding hydrogens is 707 g/mol. The molecule has 0 saturated carbocycles. The van der Waals surface area contributed by atoms with Crippen LogP contribution in [-0.4, -0.2) is 84.8 Å². The van der Waals surface area contributed by atoms with Crippen LogP contribution in [0, 0.1) is 5.41 Å². The van der Waals surface area contributed by atoms with Crippen LogP contribution in [0.25, 0.3) is 21.8 Å². The number of phenolic OH excluding ortho intramolecular Hbond substituents is 1. The maximum atomic E-state index is 13.0. The van der Waals surface area contributed by atoms with Crippen molar-refractivity contribution in [1.29, 1.82) is 0 Å². The molecule has 2 unspecified atom stereocenters. The predicted octanol–water partition coefficient (Wildman–Crippen LogP) is 5.36. The molecule has 0 bridgehead atoms. The molecule has 1 saturated heterocycles. The Labute approximate surface area is 326 Å². The Morgan fingerprint density at radius 1 is 1.00 bits per heavy atom. The normalized spacial score (nSPS) is 17.1. The number of nitrogens with zero attached hydrogens (tertiary/aromatic N) is 5. The number of hydrogen-bond acceptors (Lipinski definition) is 8. The number of imidazole rings is 1. The van der Waals surface area contributed by atoms with Crippen molar-refractivity contribution in [2.45, 2.75) is 59.1 Å². The summed E-state index contributed by atoms with van der Waals surface area (Å²) in [5.74, 6) is -0.00327. The van der Waals surface area contributed by atoms with E-state index in [0.717, 1.165) is 77.2 Å². The van der Waals surface area contributed by atoms with Gasteiger partial charge >= 0.3 is 6.09 Å². The lowest BCUT2D eigenvalue weighted by molar-refractivity contribution is 0.000127. The van der Waals surface area contributed by atoms with Gasteiger partial charge in [-0.2, -0.15) is 0 Å². The minimum atomic E-state index is -0.724. The number of piperazine rings is 1. The zero-order valence-electron chi connectivity index (χ0n) is 32.5. The highest BCUT2D eigenvalue weighted by atomic mass is 16.6. The molecule has 2 atom stereocenters. The first-order valence-corrected chi connectivity index (χ1v) is 19.3. The summed E-state index contributed by atoms with van der Waals surface area (Å²) >= 11 is 0. The fourth-order valence-electron chi connectivity index (χ4n) is 8.27. The number of aryl methyl sites for hydroxylation is 1. The molecule has 1 fully saturated rings. The number of nitrogens with one attached hydrogen (secondary N) is 3. The quantitative estimate of drug-likeness (QED) is 0.112. The molecule has 292 valence electrons. The number of H-pyrrole nitrogens is 1. The number of nitrogens with two attached hydrogens (primary N) is 1. The Morgan fingerprint density at radius 2 is 1.79 bits per heavy atom. The van der Waals surface area contributed by atoms with Crippen molar-refractivity contribution in [2.75, 3.05) is 32.7 Å². The van der Waals surface area contributed by atoms with Gasteiger partial charge in [0.15, 0.2) is 0 Å². The van der Waals surface area contributed by atoms with Crippen molar-refractivity contribution in [3.05, 3.63) is 119 Å². The van der Waals surface area contributed by atoms with E-state index < -0.39 is 6.09 Å². The first-order chi connectivity index (χ1) is 26.9. The Morgan fingerprint density at radius 3 is 2.54 bits per heavy atom. The molecule has 3 aromatic heterocycles. The second-order valence-corrected chi connectivity index (χ2v) is 16.4. The average Bonchev–Trinajstić information content (AvgIpc) is 3.91. The van der Waals surface area contributed by atoms with E-state index in [-0.39, 0.29) is 29.2 Å². The van der Waals surface area contributed by atoms with Crippen LogP contribution in [0.2, 0.25) is 0 Å². The van der Waals surface area contributed by atoms with Gasteiger partial charge in [0.1, 0.15) is 11.9 Å². The van der Waals surface area contributed by atoms with Crippen LogP contribution in [0.4, 0.5) is 4.79 Å². The number of fused-ring (bicyclic) bond motifs is 3. The highest BCUT2D eigenvalue weighted by Crippen LogP contribution is 2.38. The average molecular weight is 758 g/mol. The van der Waals surface area contributed by atoms with E-state index in [2.05, 4.69) is 92.4 Å². The van der Waals surface area contributed by atoms with E-state index >= 15 is 0 Å². The second-order valence-electron chi connectivity index (χ2n) is 16.4. The largest absolute Gasteiger partial charge is 0.508 e. The number of aromatic hydroxyl groups is 1. The Balaban J connectivity index is 0.995. The number of ether oxygens (including phenoxy) is 1. The van der Waals surface area contributed by atoms with Crippen LogP contribution >= 0.6 is 0 Å². The number of aromatic amines is 1. The van der Waals surface area contributed by atoms with Crippen LogP contribution in [0.5, 0.6) is 5.75 Å². The molecule has 2 aliphatic rings. The number of benzene rings is 3. The number of primary amides is 1. The summed E-state index contributed by atoms with van der Waals surface area (Å²) < 4.78 is 9.79. The molecule has 56 heavy (non-hydrogen) atoms. The van der Waals surface area contributed by atoms with E-state index in [4.69, 9.17) is 10.5 Å². The van der Waals surface area contributed by atoms with Gasteiger partial charge in [-0.1, -0.05) is 51.1 Å². The van der Waals surface area contributed by atoms with Gasteiger partial charge < -0.3 is 40.3 Å². The molecule has 0 radical (unpaired) electrons. The summed E-state index contributed by atoms with van der Waals surface area (Å²) in [6.45, 7) is 13.2. The molecule has 3 aromatic carbocycles. The summed E-state index contributed by atoms with van der Waals surface area (Å²) in [7, 11) is 1.99. The topological polar surface area (TPSA) is 159 Å². The number of aromatic nitrogens is 4. The third-order valence-electron chi connectivity index (χ3n) is 11.2. The predicted molar refractivity (Wildman–Crippen MR) is 216 cm³/mol. The molecule has 5 heterocycles. The monoisotopic (exact) mass is 757 g/mol. The van der Waals surface area contributed by atoms with E-state index in [1.807, 2.05) is 36.1 Å². The summed E-state index contributed by atoms with van der Waals surface area (Å²) in [5.41, 5.74) is 14.2. The van der Waals surface area contributed by atoms with Gasteiger partial charge in [0.05, 0.1) is 24.6 Å². The molecule has 6 aromatic rings. The minimum Gasteiger partial charge on any atom is -0.508 e. The smallest absolute Gasteiger partial charge is 0.404 e. The number of carbonyl (C=O) groups is 2. The molecule has 0 spiro atoms. The highest BCUT2D eigenvalue weighted by molar-refractivity contribution is 6.01. The fraction of sp³-hybridized carbons (Fsp3) is 0.372. The number of phenols is 1. The summed E-state index contributed by atoms with van der Waals surface area (Å²) in [6, 6.07) is 19.4. The number of rotatable bonds is 12. The van der Waals surface area contributed by atoms with Crippen molar-refractivity contribution in [3.8, 4) is 5.75 Å². The van der Waals surface area contributed by atoms with Gasteiger partial charge in [0.2, 0.25) is 0 Å². The van der Waals surface area contributed by atoms with Crippen molar-refractivity contribution in [1.82, 2.24) is 39.5 Å². The molecule has 8 rings (SSSR count). The van der Waals surface area contributed by atoms with Crippen LogP contribution in [0.15, 0.2) is 79.4 Å². The van der Waals surface area contributed by atoms with Crippen molar-refractivity contribution >= 4 is 33.8 Å². The van der Waals surface area contributed by atoms with E-state index in [0.29, 0.717) is 31.7 Å². The van der Waals surface area contributed by atoms with Crippen LogP contribution in [0.3, 0.4) is 0 Å². The minimum absolute atomic E-state index is 0.136. The number of amides is 2. The van der Waals surface area contributed by atoms with Crippen LogP contribution in [-0.2, 0) is 38.0 Å². The van der Waals surface area contributed by atoms with Gasteiger partial charge in [0, 0.05) is 116 Å². The van der Waals surface area contributed by atoms with E-state index in [1.54, 1.807) is 18.2 Å². The third kappa shape index (κ3) is 7.75. The first kappa shape index (κ1) is 37.3. The highest BCUT2D eigenvalue weighted by Gasteiger charge is 2.34. The van der Waals surface area contributed by atoms with Crippen LogP contribution < -0.4 is 16.4 Å². The van der Waals surface area contributed by atoms with Gasteiger partial charge in [0.25, 0.3) is 5.91 Å². The lowest BCUT2D eigenvalue weighted by Gasteiger charge is -2.39. The zero-order valence-corrected chi connectivity index (χ0v) is 32.5. The standard InChI is InChI=1S/C43H51N9O4/c1-43(2,3)38(56-42(44)55)25-51-15-13-50(14-16-51)21-28-22-52(24-29-23-49(4)26-46-29)37-17-27(9-11-31(28)37)19-45-20-36-39(33-7-5-6-8-35(33)47-36)40-34-18-30(53)10-12-32(34)41(54)48-40/h5-12,17-18,22-23,26,38,40,45,47,53H,13-16,19-21,24-25H2,1-4H3,(H2,44,55)(H,48,54). The molecule has 2 aliphatic heterocycles. The Kier molecular flexibility index (Phi) is 10.1. The summed E-state index contributed by atoms with van der Waals surface area (Å²) in [4.78, 5) is 37.6. The maximum Gasteiger partial charge on any atom is 0.404 e. The second kappa shape index (κ2) is 15.1. The molecule has 6 N–H and O–H groups in total. The van der Waals surface area contributed by atoms with Gasteiger partial charge in [-0.3, -0.25) is 14.6 Å². The van der Waals surface area contributed by atoms with Gasteiger partial charge in [-0.25, -0.2) is 9.78 Å². The fourth-order valence-corrected chi connectivity index (χ4v) is 8.27. The number of carbonyl (C=O) groups excluding carboxylic acids is 2. The maximum absolute atomic E-state index is 13.0. The molecule has 0 aliphatic carbocycles. The van der Waals surface area contributed by atoms with Crippen LogP contribution in [0.1, 0.15) is 70.8 Å². The van der Waals surface area contributed by atoms with E-state index in [1.165, 1.54) is 10.9 Å². The molecule has 2 amide bonds. The SMILES string of the molecule is Cn1cnc(Cn2cc(CN3CCN(CC(OC(N)=O)C(C)(C)C)CC3)c3ccc(CNCc4[nH]c5ccccc5c4C4NC(=O)c5ccc(O)cc54)cc32)c1. The number of para-hydroxylation sites is 1. The summed E-state index contributed by atoms with van der Waals surface area (Å²) in [5, 5.41) is 19.4. The lowest BCUT2D eigenvalue weighted by Crippen LogP contribution is -2.51. The molecule has 13 heteroatoms. The van der Waals surface area contributed by atoms with Gasteiger partial charge in [-0.05, 0) is 47.0 Å². The van der Waals surface area contributed by atoms with Gasteiger partial charge in [-0.15, -0.1) is 0 Å². The lowest BCUT2D eigenvalue weighted by atomic mass is 9.88. The molecule has 13 nitrogen and oxygen atoms in total.